The molecule has 10 nitrogen and oxygen atoms in total. The van der Waals surface area contributed by atoms with E-state index in [4.69, 9.17) is 10.5 Å². The third-order valence-electron chi connectivity index (χ3n) is 7.84. The smallest absolute Gasteiger partial charge is 0.309 e. The van der Waals surface area contributed by atoms with Gasteiger partial charge in [-0.2, -0.15) is 0 Å². The minimum atomic E-state index is -1.03. The normalized spacial score (nSPS) is 17.5. The number of benzene rings is 1. The fourth-order valence-electron chi connectivity index (χ4n) is 5.31. The average molecular weight is 582 g/mol. The molecule has 4 unspecified atom stereocenters. The van der Waals surface area contributed by atoms with Crippen LogP contribution in [-0.2, 0) is 36.8 Å². The van der Waals surface area contributed by atoms with Crippen LogP contribution in [0.4, 0.5) is 0 Å². The molecule has 1 fully saturated rings. The SMILES string of the molecule is CCCC(CCCc1cc2cc(CC)ccc2cn1)C(=O)OC(C(=O)NC(C)C(=O)N1CCCC(C(N)=O)N1)C(C)C. The zero-order chi connectivity index (χ0) is 30.8. The number of nitrogens with one attached hydrogen (secondary N) is 2. The second-order valence-electron chi connectivity index (χ2n) is 11.6. The summed E-state index contributed by atoms with van der Waals surface area (Å²) in [6.07, 6.45) is 6.62. The molecule has 3 rings (SSSR count). The molecule has 0 aliphatic carbocycles. The third-order valence-corrected chi connectivity index (χ3v) is 7.84. The number of hydrogen-bond donors (Lipinski definition) is 3. The molecule has 10 heteroatoms. The van der Waals surface area contributed by atoms with E-state index >= 15 is 0 Å². The van der Waals surface area contributed by atoms with Crippen molar-refractivity contribution in [2.24, 2.45) is 17.6 Å². The van der Waals surface area contributed by atoms with Gasteiger partial charge >= 0.3 is 5.97 Å². The zero-order valence-corrected chi connectivity index (χ0v) is 25.7. The van der Waals surface area contributed by atoms with Crippen molar-refractivity contribution in [3.05, 3.63) is 41.7 Å². The maximum absolute atomic E-state index is 13.3. The van der Waals surface area contributed by atoms with Gasteiger partial charge in [-0.3, -0.25) is 29.2 Å². The number of amides is 3. The quantitative estimate of drug-likeness (QED) is 0.289. The largest absolute Gasteiger partial charge is 0.452 e. The number of nitrogens with two attached hydrogens (primary N) is 1. The van der Waals surface area contributed by atoms with Crippen LogP contribution in [0.1, 0.15) is 84.4 Å². The molecule has 1 aliphatic heterocycles. The molecule has 1 saturated heterocycles. The zero-order valence-electron chi connectivity index (χ0n) is 25.7. The van der Waals surface area contributed by atoms with Crippen LogP contribution in [0.2, 0.25) is 0 Å². The minimum Gasteiger partial charge on any atom is -0.452 e. The van der Waals surface area contributed by atoms with Crippen molar-refractivity contribution < 1.29 is 23.9 Å². The summed E-state index contributed by atoms with van der Waals surface area (Å²) in [7, 11) is 0. The Bertz CT molecular complexity index is 1250. The first-order chi connectivity index (χ1) is 20.0. The lowest BCUT2D eigenvalue weighted by molar-refractivity contribution is -0.163. The fourth-order valence-corrected chi connectivity index (χ4v) is 5.31. The molecular formula is C32H47N5O5. The Morgan fingerprint density at radius 2 is 1.88 bits per heavy atom. The Kier molecular flexibility index (Phi) is 12.3. The van der Waals surface area contributed by atoms with Crippen molar-refractivity contribution in [3.8, 4) is 0 Å². The van der Waals surface area contributed by atoms with E-state index in [1.54, 1.807) is 20.8 Å². The monoisotopic (exact) mass is 581 g/mol. The highest BCUT2D eigenvalue weighted by Gasteiger charge is 2.34. The molecule has 0 saturated carbocycles. The number of hydrogen-bond acceptors (Lipinski definition) is 7. The molecule has 2 heterocycles. The van der Waals surface area contributed by atoms with Crippen LogP contribution in [0.5, 0.6) is 0 Å². The Morgan fingerprint density at radius 3 is 2.55 bits per heavy atom. The lowest BCUT2D eigenvalue weighted by Gasteiger charge is -2.34. The summed E-state index contributed by atoms with van der Waals surface area (Å²) in [5.74, 6) is -2.47. The molecule has 4 N–H and O–H groups in total. The van der Waals surface area contributed by atoms with E-state index in [0.717, 1.165) is 36.8 Å². The van der Waals surface area contributed by atoms with Crippen LogP contribution in [-0.4, -0.2) is 58.4 Å². The van der Waals surface area contributed by atoms with Crippen LogP contribution in [0, 0.1) is 11.8 Å². The van der Waals surface area contributed by atoms with Gasteiger partial charge in [0.05, 0.1) is 5.92 Å². The van der Waals surface area contributed by atoms with Crippen LogP contribution in [0.25, 0.3) is 10.8 Å². The molecule has 0 radical (unpaired) electrons. The van der Waals surface area contributed by atoms with E-state index in [1.807, 2.05) is 13.1 Å². The first-order valence-corrected chi connectivity index (χ1v) is 15.3. The van der Waals surface area contributed by atoms with Crippen molar-refractivity contribution in [2.45, 2.75) is 104 Å². The number of esters is 1. The molecule has 4 atom stereocenters. The number of aryl methyl sites for hydroxylation is 2. The van der Waals surface area contributed by atoms with Crippen molar-refractivity contribution in [1.82, 2.24) is 20.7 Å². The van der Waals surface area contributed by atoms with E-state index in [-0.39, 0.29) is 17.7 Å². The van der Waals surface area contributed by atoms with E-state index in [2.05, 4.69) is 46.9 Å². The first kappa shape index (κ1) is 33.0. The standard InChI is InChI=1S/C32H47N5O5/c1-6-10-23(11-8-12-26-18-25-17-22(7-2)14-15-24(25)19-34-26)32(41)42-28(20(3)4)30(39)35-21(5)31(40)37-16-9-13-27(36-37)29(33)38/h14-15,17-21,23,27-28,36H,6-13,16H2,1-5H3,(H2,33,38)(H,35,39). The van der Waals surface area contributed by atoms with E-state index in [0.29, 0.717) is 32.2 Å². The first-order valence-electron chi connectivity index (χ1n) is 15.3. The van der Waals surface area contributed by atoms with Gasteiger partial charge in [0.15, 0.2) is 6.10 Å². The van der Waals surface area contributed by atoms with Gasteiger partial charge in [-0.15, -0.1) is 0 Å². The fraction of sp³-hybridized carbons (Fsp3) is 0.594. The Morgan fingerprint density at radius 1 is 1.12 bits per heavy atom. The summed E-state index contributed by atoms with van der Waals surface area (Å²) in [6, 6.07) is 7.03. The number of fused-ring (bicyclic) bond motifs is 1. The van der Waals surface area contributed by atoms with Crippen LogP contribution in [0.15, 0.2) is 30.5 Å². The predicted molar refractivity (Wildman–Crippen MR) is 162 cm³/mol. The van der Waals surface area contributed by atoms with Crippen LogP contribution >= 0.6 is 0 Å². The number of rotatable bonds is 14. The highest BCUT2D eigenvalue weighted by molar-refractivity contribution is 5.90. The Labute approximate surface area is 249 Å². The summed E-state index contributed by atoms with van der Waals surface area (Å²) in [5, 5.41) is 6.30. The molecule has 1 aromatic carbocycles. The van der Waals surface area contributed by atoms with Gasteiger partial charge in [0, 0.05) is 23.8 Å². The second-order valence-corrected chi connectivity index (χ2v) is 11.6. The molecule has 3 amide bonds. The van der Waals surface area contributed by atoms with Crippen molar-refractivity contribution in [3.63, 3.8) is 0 Å². The predicted octanol–water partition coefficient (Wildman–Crippen LogP) is 3.59. The highest BCUT2D eigenvalue weighted by Crippen LogP contribution is 2.22. The number of carbonyl (C=O) groups excluding carboxylic acids is 4. The Hall–Kier alpha value is -3.53. The molecule has 0 spiro atoms. The number of pyridine rings is 1. The third kappa shape index (κ3) is 8.98. The van der Waals surface area contributed by atoms with Gasteiger partial charge in [0.2, 0.25) is 5.91 Å². The maximum atomic E-state index is 13.3. The van der Waals surface area contributed by atoms with Crippen LogP contribution in [0.3, 0.4) is 0 Å². The average Bonchev–Trinajstić information content (AvgIpc) is 2.98. The highest BCUT2D eigenvalue weighted by atomic mass is 16.5. The summed E-state index contributed by atoms with van der Waals surface area (Å²) >= 11 is 0. The summed E-state index contributed by atoms with van der Waals surface area (Å²) in [4.78, 5) is 55.5. The van der Waals surface area contributed by atoms with Gasteiger partial charge in [0.25, 0.3) is 11.8 Å². The van der Waals surface area contributed by atoms with Crippen molar-refractivity contribution >= 4 is 34.5 Å². The number of hydrazine groups is 1. The molecule has 1 aromatic heterocycles. The van der Waals surface area contributed by atoms with Gasteiger partial charge in [-0.1, -0.05) is 52.3 Å². The van der Waals surface area contributed by atoms with Gasteiger partial charge < -0.3 is 15.8 Å². The van der Waals surface area contributed by atoms with Crippen molar-refractivity contribution in [1.29, 1.82) is 0 Å². The number of carbonyl (C=O) groups is 4. The van der Waals surface area contributed by atoms with Gasteiger partial charge in [-0.25, -0.2) is 5.43 Å². The second kappa shape index (κ2) is 15.6. The number of aromatic nitrogens is 1. The van der Waals surface area contributed by atoms with Crippen molar-refractivity contribution in [2.75, 3.05) is 6.54 Å². The van der Waals surface area contributed by atoms with E-state index in [9.17, 15) is 19.2 Å². The molecule has 230 valence electrons. The molecule has 0 bridgehead atoms. The molecule has 42 heavy (non-hydrogen) atoms. The summed E-state index contributed by atoms with van der Waals surface area (Å²) < 4.78 is 5.78. The summed E-state index contributed by atoms with van der Waals surface area (Å²) in [6.45, 7) is 9.74. The summed E-state index contributed by atoms with van der Waals surface area (Å²) in [5.41, 5.74) is 10.5. The van der Waals surface area contributed by atoms with Gasteiger partial charge in [0.1, 0.15) is 12.1 Å². The molecule has 1 aliphatic rings. The van der Waals surface area contributed by atoms with E-state index in [1.165, 1.54) is 16.0 Å². The van der Waals surface area contributed by atoms with Gasteiger partial charge in [-0.05, 0) is 74.8 Å². The van der Waals surface area contributed by atoms with E-state index < -0.39 is 36.0 Å². The molecular weight excluding hydrogens is 534 g/mol. The topological polar surface area (TPSA) is 144 Å². The molecule has 2 aromatic rings. The number of ether oxygens (including phenoxy) is 1. The lowest BCUT2D eigenvalue weighted by atomic mass is 9.95. The number of nitrogens with zero attached hydrogens (tertiary/aromatic N) is 2. The minimum absolute atomic E-state index is 0.291. The maximum Gasteiger partial charge on any atom is 0.309 e. The Balaban J connectivity index is 1.57. The van der Waals surface area contributed by atoms with Crippen LogP contribution < -0.4 is 16.5 Å². The lowest BCUT2D eigenvalue weighted by Crippen LogP contribution is -2.60. The number of primary amides is 1.